The predicted molar refractivity (Wildman–Crippen MR) is 73.0 cm³/mol. The molecule has 1 aromatic heterocycles. The summed E-state index contributed by atoms with van der Waals surface area (Å²) in [6.07, 6.45) is 0. The molecule has 0 aliphatic carbocycles. The molecule has 1 heterocycles. The van der Waals surface area contributed by atoms with Crippen LogP contribution in [-0.4, -0.2) is 27.0 Å². The number of aliphatic carboxylic acids is 1. The molecule has 0 unspecified atom stereocenters. The highest BCUT2D eigenvalue weighted by molar-refractivity contribution is 8.01. The van der Waals surface area contributed by atoms with Gasteiger partial charge in [-0.25, -0.2) is 4.39 Å². The first-order valence-corrected chi connectivity index (χ1v) is 7.13. The molecule has 0 fully saturated rings. The highest BCUT2D eigenvalue weighted by Crippen LogP contribution is 2.31. The molecule has 0 saturated carbocycles. The number of aromatic nitrogens is 2. The Morgan fingerprint density at radius 2 is 2.32 bits per heavy atom. The standard InChI is InChI=1S/C10H7ClFN3O2S2/c11-5-2-1-3-6(12)8(5)13-9-14-15-10(19-9)18-4-7(16)17/h1-3H,4H2,(H,13,14)(H,16,17). The first-order valence-electron chi connectivity index (χ1n) is 4.95. The lowest BCUT2D eigenvalue weighted by Crippen LogP contribution is -1.96. The van der Waals surface area contributed by atoms with Crippen molar-refractivity contribution in [3.05, 3.63) is 29.0 Å². The van der Waals surface area contributed by atoms with E-state index in [1.165, 1.54) is 12.1 Å². The molecular formula is C10H7ClFN3O2S2. The summed E-state index contributed by atoms with van der Waals surface area (Å²) in [7, 11) is 0. The van der Waals surface area contributed by atoms with Crippen LogP contribution < -0.4 is 5.32 Å². The lowest BCUT2D eigenvalue weighted by Gasteiger charge is -2.05. The molecule has 19 heavy (non-hydrogen) atoms. The number of carbonyl (C=O) groups is 1. The Kier molecular flexibility index (Phi) is 4.56. The van der Waals surface area contributed by atoms with Crippen molar-refractivity contribution in [3.63, 3.8) is 0 Å². The van der Waals surface area contributed by atoms with E-state index < -0.39 is 11.8 Å². The van der Waals surface area contributed by atoms with E-state index in [0.29, 0.717) is 9.47 Å². The number of nitrogens with one attached hydrogen (secondary N) is 1. The quantitative estimate of drug-likeness (QED) is 0.824. The number of anilines is 2. The van der Waals surface area contributed by atoms with Crippen LogP contribution in [0.1, 0.15) is 0 Å². The Balaban J connectivity index is 2.09. The number of carboxylic acid groups (broad SMARTS) is 1. The van der Waals surface area contributed by atoms with Crippen LogP contribution >= 0.6 is 34.7 Å². The molecule has 0 radical (unpaired) electrons. The van der Waals surface area contributed by atoms with Crippen LogP contribution in [0.5, 0.6) is 0 Å². The van der Waals surface area contributed by atoms with Gasteiger partial charge in [0.1, 0.15) is 5.82 Å². The Bertz CT molecular complexity index is 588. The maximum absolute atomic E-state index is 13.5. The molecule has 9 heteroatoms. The number of nitrogens with zero attached hydrogens (tertiary/aromatic N) is 2. The number of carboxylic acids is 1. The molecule has 2 N–H and O–H groups in total. The molecule has 0 bridgehead atoms. The third-order valence-corrected chi connectivity index (χ3v) is 4.19. The molecule has 0 aliphatic heterocycles. The molecule has 0 amide bonds. The van der Waals surface area contributed by atoms with E-state index in [4.69, 9.17) is 16.7 Å². The minimum atomic E-state index is -0.938. The zero-order chi connectivity index (χ0) is 13.8. The van der Waals surface area contributed by atoms with E-state index in [1.807, 2.05) is 0 Å². The smallest absolute Gasteiger partial charge is 0.313 e. The maximum atomic E-state index is 13.5. The van der Waals surface area contributed by atoms with Gasteiger partial charge in [-0.1, -0.05) is 40.8 Å². The zero-order valence-electron chi connectivity index (χ0n) is 9.26. The van der Waals surface area contributed by atoms with Crippen molar-refractivity contribution in [2.45, 2.75) is 4.34 Å². The van der Waals surface area contributed by atoms with Crippen molar-refractivity contribution in [1.82, 2.24) is 10.2 Å². The van der Waals surface area contributed by atoms with Crippen molar-refractivity contribution >= 4 is 51.5 Å². The SMILES string of the molecule is O=C(O)CSc1nnc(Nc2c(F)cccc2Cl)s1. The van der Waals surface area contributed by atoms with Gasteiger partial charge in [0.2, 0.25) is 5.13 Å². The Labute approximate surface area is 120 Å². The van der Waals surface area contributed by atoms with Gasteiger partial charge in [-0.05, 0) is 12.1 Å². The van der Waals surface area contributed by atoms with E-state index in [1.54, 1.807) is 6.07 Å². The van der Waals surface area contributed by atoms with E-state index in [-0.39, 0.29) is 16.5 Å². The molecule has 0 atom stereocenters. The number of halogens is 2. The summed E-state index contributed by atoms with van der Waals surface area (Å²) in [6, 6.07) is 4.32. The molecule has 0 aliphatic rings. The van der Waals surface area contributed by atoms with E-state index in [0.717, 1.165) is 23.1 Å². The van der Waals surface area contributed by atoms with Gasteiger partial charge >= 0.3 is 5.97 Å². The fourth-order valence-corrected chi connectivity index (χ4v) is 2.85. The van der Waals surface area contributed by atoms with Crippen molar-refractivity contribution in [2.24, 2.45) is 0 Å². The van der Waals surface area contributed by atoms with Crippen molar-refractivity contribution in [1.29, 1.82) is 0 Å². The number of thioether (sulfide) groups is 1. The molecular weight excluding hydrogens is 313 g/mol. The first-order chi connectivity index (χ1) is 9.06. The summed E-state index contributed by atoms with van der Waals surface area (Å²) in [4.78, 5) is 10.4. The molecule has 2 aromatic rings. The predicted octanol–water partition coefficient (Wildman–Crippen LogP) is 3.25. The monoisotopic (exact) mass is 319 g/mol. The van der Waals surface area contributed by atoms with Crippen LogP contribution in [0.2, 0.25) is 5.02 Å². The molecule has 5 nitrogen and oxygen atoms in total. The van der Waals surface area contributed by atoms with Crippen molar-refractivity contribution in [3.8, 4) is 0 Å². The lowest BCUT2D eigenvalue weighted by atomic mass is 10.3. The number of hydrogen-bond donors (Lipinski definition) is 2. The third kappa shape index (κ3) is 3.79. The average Bonchev–Trinajstić information content (AvgIpc) is 2.79. The van der Waals surface area contributed by atoms with Gasteiger partial charge < -0.3 is 10.4 Å². The number of para-hydroxylation sites is 1. The Morgan fingerprint density at radius 1 is 1.53 bits per heavy atom. The van der Waals surface area contributed by atoms with Crippen LogP contribution in [-0.2, 0) is 4.79 Å². The summed E-state index contributed by atoms with van der Waals surface area (Å²) in [5, 5.41) is 19.4. The Morgan fingerprint density at radius 3 is 3.00 bits per heavy atom. The van der Waals surface area contributed by atoms with Gasteiger partial charge in [0.25, 0.3) is 0 Å². The van der Waals surface area contributed by atoms with Gasteiger partial charge in [-0.15, -0.1) is 10.2 Å². The molecule has 0 saturated heterocycles. The van der Waals surface area contributed by atoms with Crippen LogP contribution in [0.4, 0.5) is 15.2 Å². The topological polar surface area (TPSA) is 75.1 Å². The second-order valence-corrected chi connectivity index (χ2v) is 5.88. The molecule has 1 aromatic carbocycles. The van der Waals surface area contributed by atoms with Gasteiger partial charge in [-0.3, -0.25) is 4.79 Å². The molecule has 0 spiro atoms. The number of benzene rings is 1. The minimum absolute atomic E-state index is 0.102. The summed E-state index contributed by atoms with van der Waals surface area (Å²) < 4.78 is 14.0. The highest BCUT2D eigenvalue weighted by Gasteiger charge is 2.11. The second kappa shape index (κ2) is 6.18. The number of hydrogen-bond acceptors (Lipinski definition) is 6. The van der Waals surface area contributed by atoms with Crippen LogP contribution in [0.3, 0.4) is 0 Å². The normalized spacial score (nSPS) is 10.4. The van der Waals surface area contributed by atoms with Crippen LogP contribution in [0.25, 0.3) is 0 Å². The van der Waals surface area contributed by atoms with E-state index in [9.17, 15) is 9.18 Å². The fraction of sp³-hybridized carbons (Fsp3) is 0.100. The van der Waals surface area contributed by atoms with Gasteiger partial charge in [0.05, 0.1) is 16.5 Å². The highest BCUT2D eigenvalue weighted by atomic mass is 35.5. The summed E-state index contributed by atoms with van der Waals surface area (Å²) >= 11 is 8.04. The molecule has 2 rings (SSSR count). The third-order valence-electron chi connectivity index (χ3n) is 1.92. The van der Waals surface area contributed by atoms with Gasteiger partial charge in [0.15, 0.2) is 4.34 Å². The van der Waals surface area contributed by atoms with Crippen LogP contribution in [0, 0.1) is 5.82 Å². The van der Waals surface area contributed by atoms with Crippen LogP contribution in [0.15, 0.2) is 22.5 Å². The summed E-state index contributed by atoms with van der Waals surface area (Å²) in [5.41, 5.74) is 0.120. The fourth-order valence-electron chi connectivity index (χ4n) is 1.17. The summed E-state index contributed by atoms with van der Waals surface area (Å²) in [5.74, 6) is -1.54. The minimum Gasteiger partial charge on any atom is -0.481 e. The van der Waals surface area contributed by atoms with Gasteiger partial charge in [0, 0.05) is 0 Å². The largest absolute Gasteiger partial charge is 0.481 e. The lowest BCUT2D eigenvalue weighted by molar-refractivity contribution is -0.133. The van der Waals surface area contributed by atoms with E-state index in [2.05, 4.69) is 15.5 Å². The van der Waals surface area contributed by atoms with Crippen molar-refractivity contribution in [2.75, 3.05) is 11.1 Å². The molecule has 100 valence electrons. The summed E-state index contributed by atoms with van der Waals surface area (Å²) in [6.45, 7) is 0. The van der Waals surface area contributed by atoms with Gasteiger partial charge in [-0.2, -0.15) is 0 Å². The first kappa shape index (κ1) is 14.0. The zero-order valence-corrected chi connectivity index (χ0v) is 11.7. The average molecular weight is 320 g/mol. The second-order valence-electron chi connectivity index (χ2n) is 3.28. The number of rotatable bonds is 5. The van der Waals surface area contributed by atoms with E-state index >= 15 is 0 Å². The van der Waals surface area contributed by atoms with Crippen molar-refractivity contribution < 1.29 is 14.3 Å². The Hall–Kier alpha value is -1.38. The maximum Gasteiger partial charge on any atom is 0.313 e.